The highest BCUT2D eigenvalue weighted by Crippen LogP contribution is 2.10. The summed E-state index contributed by atoms with van der Waals surface area (Å²) in [4.78, 5) is 11.9. The molecule has 0 spiro atoms. The number of nitrogens with zero attached hydrogens (tertiary/aromatic N) is 2. The molecule has 4 heteroatoms. The Bertz CT molecular complexity index is 834. The van der Waals surface area contributed by atoms with E-state index in [9.17, 15) is 4.79 Å². The van der Waals surface area contributed by atoms with E-state index in [-0.39, 0.29) is 5.91 Å². The first-order chi connectivity index (χ1) is 11.7. The maximum atomic E-state index is 11.9. The fraction of sp³-hybridized carbons (Fsp3) is 0.100. The van der Waals surface area contributed by atoms with Gasteiger partial charge in [-0.25, -0.2) is 4.68 Å². The van der Waals surface area contributed by atoms with Crippen molar-refractivity contribution >= 4 is 12.0 Å². The van der Waals surface area contributed by atoms with Gasteiger partial charge in [-0.15, -0.1) is 0 Å². The standard InChI is InChI=1S/C20H19N3O/c1-16-5-2-3-6-18(16)9-12-20(24)21-15-17-7-10-19(11-8-17)23-14-4-13-22-23/h2-14H,15H2,1H3,(H,21,24). The highest BCUT2D eigenvalue weighted by molar-refractivity contribution is 5.91. The zero-order valence-corrected chi connectivity index (χ0v) is 13.5. The third-order valence-corrected chi connectivity index (χ3v) is 3.77. The molecular formula is C20H19N3O. The Labute approximate surface area is 141 Å². The maximum absolute atomic E-state index is 11.9. The van der Waals surface area contributed by atoms with Crippen molar-refractivity contribution in [3.63, 3.8) is 0 Å². The predicted octanol–water partition coefficient (Wildman–Crippen LogP) is 3.51. The zero-order chi connectivity index (χ0) is 16.8. The Morgan fingerprint density at radius 3 is 2.62 bits per heavy atom. The summed E-state index contributed by atoms with van der Waals surface area (Å²) in [6.07, 6.45) is 7.05. The van der Waals surface area contributed by atoms with E-state index < -0.39 is 0 Å². The second kappa shape index (κ2) is 7.42. The molecule has 0 aliphatic heterocycles. The maximum Gasteiger partial charge on any atom is 0.244 e. The summed E-state index contributed by atoms with van der Waals surface area (Å²) >= 11 is 0. The summed E-state index contributed by atoms with van der Waals surface area (Å²) < 4.78 is 1.80. The molecule has 1 heterocycles. The number of amides is 1. The fourth-order valence-corrected chi connectivity index (χ4v) is 2.38. The third kappa shape index (κ3) is 3.98. The van der Waals surface area contributed by atoms with Gasteiger partial charge in [-0.2, -0.15) is 5.10 Å². The van der Waals surface area contributed by atoms with Crippen molar-refractivity contribution in [1.82, 2.24) is 15.1 Å². The molecule has 0 bridgehead atoms. The number of carbonyl (C=O) groups is 1. The van der Waals surface area contributed by atoms with Gasteiger partial charge in [0.25, 0.3) is 0 Å². The van der Waals surface area contributed by atoms with E-state index in [1.165, 1.54) is 0 Å². The van der Waals surface area contributed by atoms with Gasteiger partial charge in [-0.3, -0.25) is 4.79 Å². The van der Waals surface area contributed by atoms with Gasteiger partial charge < -0.3 is 5.32 Å². The van der Waals surface area contributed by atoms with Gasteiger partial charge >= 0.3 is 0 Å². The van der Waals surface area contributed by atoms with Gasteiger partial charge in [0.2, 0.25) is 5.91 Å². The smallest absolute Gasteiger partial charge is 0.244 e. The van der Waals surface area contributed by atoms with Crippen molar-refractivity contribution in [3.8, 4) is 5.69 Å². The molecule has 3 aromatic rings. The Morgan fingerprint density at radius 2 is 1.92 bits per heavy atom. The normalized spacial score (nSPS) is 10.9. The van der Waals surface area contributed by atoms with Crippen LogP contribution in [0.1, 0.15) is 16.7 Å². The molecule has 0 aliphatic carbocycles. The molecule has 24 heavy (non-hydrogen) atoms. The minimum absolute atomic E-state index is 0.102. The van der Waals surface area contributed by atoms with E-state index in [1.54, 1.807) is 17.0 Å². The monoisotopic (exact) mass is 317 g/mol. The lowest BCUT2D eigenvalue weighted by Gasteiger charge is -2.05. The van der Waals surface area contributed by atoms with E-state index in [1.807, 2.05) is 73.8 Å². The van der Waals surface area contributed by atoms with Gasteiger partial charge in [0.15, 0.2) is 0 Å². The predicted molar refractivity (Wildman–Crippen MR) is 95.6 cm³/mol. The average molecular weight is 317 g/mol. The summed E-state index contributed by atoms with van der Waals surface area (Å²) in [5.74, 6) is -0.102. The van der Waals surface area contributed by atoms with Crippen LogP contribution < -0.4 is 5.32 Å². The highest BCUT2D eigenvalue weighted by atomic mass is 16.1. The Kier molecular flexibility index (Phi) is 4.87. The average Bonchev–Trinajstić information content (AvgIpc) is 3.14. The lowest BCUT2D eigenvalue weighted by molar-refractivity contribution is -0.116. The molecule has 4 nitrogen and oxygen atoms in total. The summed E-state index contributed by atoms with van der Waals surface area (Å²) in [5.41, 5.74) is 4.24. The third-order valence-electron chi connectivity index (χ3n) is 3.77. The van der Waals surface area contributed by atoms with Crippen LogP contribution in [0.2, 0.25) is 0 Å². The van der Waals surface area contributed by atoms with Gasteiger partial charge in [0.1, 0.15) is 0 Å². The Balaban J connectivity index is 1.55. The van der Waals surface area contributed by atoms with E-state index in [0.717, 1.165) is 22.4 Å². The number of nitrogens with one attached hydrogen (secondary N) is 1. The summed E-state index contributed by atoms with van der Waals surface area (Å²) in [6, 6.07) is 17.8. The Hall–Kier alpha value is -3.14. The first-order valence-electron chi connectivity index (χ1n) is 7.83. The second-order valence-electron chi connectivity index (χ2n) is 5.52. The highest BCUT2D eigenvalue weighted by Gasteiger charge is 2.00. The number of rotatable bonds is 5. The Morgan fingerprint density at radius 1 is 1.12 bits per heavy atom. The summed E-state index contributed by atoms with van der Waals surface area (Å²) in [6.45, 7) is 2.52. The van der Waals surface area contributed by atoms with Crippen molar-refractivity contribution in [2.24, 2.45) is 0 Å². The largest absolute Gasteiger partial charge is 0.348 e. The number of hydrogen-bond donors (Lipinski definition) is 1. The summed E-state index contributed by atoms with van der Waals surface area (Å²) in [5, 5.41) is 7.08. The summed E-state index contributed by atoms with van der Waals surface area (Å²) in [7, 11) is 0. The van der Waals surface area contributed by atoms with E-state index in [4.69, 9.17) is 0 Å². The van der Waals surface area contributed by atoms with Crippen LogP contribution in [0, 0.1) is 6.92 Å². The van der Waals surface area contributed by atoms with E-state index in [0.29, 0.717) is 6.54 Å². The van der Waals surface area contributed by atoms with Crippen LogP contribution in [0.3, 0.4) is 0 Å². The van der Waals surface area contributed by atoms with Crippen LogP contribution in [-0.2, 0) is 11.3 Å². The molecule has 0 fully saturated rings. The number of carbonyl (C=O) groups excluding carboxylic acids is 1. The molecule has 0 aliphatic rings. The van der Waals surface area contributed by atoms with E-state index >= 15 is 0 Å². The number of aromatic nitrogens is 2. The van der Waals surface area contributed by atoms with Crippen molar-refractivity contribution in [2.45, 2.75) is 13.5 Å². The van der Waals surface area contributed by atoms with E-state index in [2.05, 4.69) is 10.4 Å². The molecule has 2 aromatic carbocycles. The van der Waals surface area contributed by atoms with Crippen LogP contribution >= 0.6 is 0 Å². The fourth-order valence-electron chi connectivity index (χ4n) is 2.38. The second-order valence-corrected chi connectivity index (χ2v) is 5.52. The minimum atomic E-state index is -0.102. The van der Waals surface area contributed by atoms with Crippen molar-refractivity contribution in [1.29, 1.82) is 0 Å². The van der Waals surface area contributed by atoms with Crippen LogP contribution in [0.15, 0.2) is 73.1 Å². The lowest BCUT2D eigenvalue weighted by atomic mass is 10.1. The molecule has 0 radical (unpaired) electrons. The first kappa shape index (κ1) is 15.7. The number of hydrogen-bond acceptors (Lipinski definition) is 2. The van der Waals surface area contributed by atoms with Gasteiger partial charge in [0.05, 0.1) is 5.69 Å². The molecular weight excluding hydrogens is 298 g/mol. The topological polar surface area (TPSA) is 46.9 Å². The van der Waals surface area contributed by atoms with Crippen molar-refractivity contribution < 1.29 is 4.79 Å². The molecule has 3 rings (SSSR count). The van der Waals surface area contributed by atoms with Crippen LogP contribution in [0.4, 0.5) is 0 Å². The lowest BCUT2D eigenvalue weighted by Crippen LogP contribution is -2.20. The van der Waals surface area contributed by atoms with Gasteiger partial charge in [0, 0.05) is 25.0 Å². The molecule has 0 saturated heterocycles. The molecule has 1 N–H and O–H groups in total. The van der Waals surface area contributed by atoms with Crippen molar-refractivity contribution in [2.75, 3.05) is 0 Å². The first-order valence-corrected chi connectivity index (χ1v) is 7.83. The SMILES string of the molecule is Cc1ccccc1C=CC(=O)NCc1ccc(-n2cccn2)cc1. The molecule has 1 amide bonds. The van der Waals surface area contributed by atoms with Crippen LogP contribution in [0.5, 0.6) is 0 Å². The van der Waals surface area contributed by atoms with Crippen LogP contribution in [0.25, 0.3) is 11.8 Å². The molecule has 0 atom stereocenters. The molecule has 0 unspecified atom stereocenters. The zero-order valence-electron chi connectivity index (χ0n) is 13.5. The number of aryl methyl sites for hydroxylation is 1. The molecule has 120 valence electrons. The quantitative estimate of drug-likeness (QED) is 0.732. The van der Waals surface area contributed by atoms with Gasteiger partial charge in [-0.05, 0) is 47.9 Å². The molecule has 0 saturated carbocycles. The van der Waals surface area contributed by atoms with Crippen LogP contribution in [-0.4, -0.2) is 15.7 Å². The molecule has 1 aromatic heterocycles. The van der Waals surface area contributed by atoms with Gasteiger partial charge in [-0.1, -0.05) is 36.4 Å². The number of benzene rings is 2. The minimum Gasteiger partial charge on any atom is -0.348 e. The van der Waals surface area contributed by atoms with Crippen molar-refractivity contribution in [3.05, 3.63) is 89.8 Å².